The summed E-state index contributed by atoms with van der Waals surface area (Å²) in [6.07, 6.45) is 3.40. The van der Waals surface area contributed by atoms with Crippen LogP contribution in [0.4, 0.5) is 5.69 Å². The number of likely N-dealkylation sites (N-methyl/N-ethyl adjacent to an activating group) is 1. The van der Waals surface area contributed by atoms with Gasteiger partial charge in [-0.25, -0.2) is 0 Å². The summed E-state index contributed by atoms with van der Waals surface area (Å²) in [7, 11) is 3.34. The third-order valence-electron chi connectivity index (χ3n) is 3.90. The van der Waals surface area contributed by atoms with Crippen LogP contribution in [0.25, 0.3) is 0 Å². The average molecular weight is 305 g/mol. The molecular formula is C16H23N3O3. The van der Waals surface area contributed by atoms with Crippen LogP contribution in [0.15, 0.2) is 24.3 Å². The van der Waals surface area contributed by atoms with E-state index >= 15 is 0 Å². The molecule has 6 heteroatoms. The predicted octanol–water partition coefficient (Wildman–Crippen LogP) is 1.36. The van der Waals surface area contributed by atoms with Gasteiger partial charge in [0, 0.05) is 25.8 Å². The maximum Gasteiger partial charge on any atom is 0.259 e. The highest BCUT2D eigenvalue weighted by atomic mass is 16.5. The van der Waals surface area contributed by atoms with Crippen molar-refractivity contribution in [3.63, 3.8) is 0 Å². The number of carbonyl (C=O) groups is 2. The molecular weight excluding hydrogens is 282 g/mol. The molecule has 0 radical (unpaired) electrons. The van der Waals surface area contributed by atoms with Crippen LogP contribution in [0, 0.1) is 0 Å². The number of ether oxygens (including phenoxy) is 1. The van der Waals surface area contributed by atoms with Crippen LogP contribution < -0.4 is 15.8 Å². The molecule has 2 rings (SSSR count). The highest BCUT2D eigenvalue weighted by molar-refractivity contribution is 5.98. The van der Waals surface area contributed by atoms with Crippen LogP contribution in [0.2, 0.25) is 0 Å². The van der Waals surface area contributed by atoms with E-state index in [-0.39, 0.29) is 18.4 Å². The summed E-state index contributed by atoms with van der Waals surface area (Å²) in [5, 5.41) is 2.84. The lowest BCUT2D eigenvalue weighted by molar-refractivity contribution is -0.130. The Morgan fingerprint density at radius 3 is 2.64 bits per heavy atom. The highest BCUT2D eigenvalue weighted by Gasteiger charge is 2.36. The highest BCUT2D eigenvalue weighted by Crippen LogP contribution is 2.28. The zero-order valence-electron chi connectivity index (χ0n) is 13.1. The van der Waals surface area contributed by atoms with Crippen molar-refractivity contribution in [2.24, 2.45) is 5.73 Å². The molecule has 3 N–H and O–H groups in total. The molecule has 0 unspecified atom stereocenters. The van der Waals surface area contributed by atoms with Gasteiger partial charge in [-0.05, 0) is 25.0 Å². The molecule has 1 aliphatic rings. The number of carbonyl (C=O) groups excluding carboxylic acids is 2. The molecule has 1 aromatic rings. The van der Waals surface area contributed by atoms with Crippen LogP contribution in [0.3, 0.4) is 0 Å². The fourth-order valence-electron chi connectivity index (χ4n) is 2.43. The summed E-state index contributed by atoms with van der Waals surface area (Å²) in [5.41, 5.74) is 5.98. The summed E-state index contributed by atoms with van der Waals surface area (Å²) in [6.45, 7) is -0.0365. The van der Waals surface area contributed by atoms with Crippen molar-refractivity contribution in [3.05, 3.63) is 24.3 Å². The molecule has 0 saturated heterocycles. The average Bonchev–Trinajstić information content (AvgIpc) is 2.93. The summed E-state index contributed by atoms with van der Waals surface area (Å²) >= 11 is 0. The number of nitrogens with two attached hydrogens (primary N) is 1. The largest absolute Gasteiger partial charge is 0.484 e. The van der Waals surface area contributed by atoms with E-state index in [2.05, 4.69) is 5.32 Å². The second kappa shape index (κ2) is 6.79. The number of nitrogens with one attached hydrogen (secondary N) is 1. The van der Waals surface area contributed by atoms with E-state index in [1.165, 1.54) is 4.90 Å². The van der Waals surface area contributed by atoms with Gasteiger partial charge in [-0.3, -0.25) is 9.59 Å². The van der Waals surface area contributed by atoms with E-state index in [9.17, 15) is 9.59 Å². The van der Waals surface area contributed by atoms with Crippen LogP contribution in [-0.4, -0.2) is 43.0 Å². The van der Waals surface area contributed by atoms with Crippen molar-refractivity contribution in [1.29, 1.82) is 0 Å². The summed E-state index contributed by atoms with van der Waals surface area (Å²) < 4.78 is 5.43. The number of anilines is 1. The SMILES string of the molecule is CN(C)C(=O)COc1cccc(NC(=O)C2(N)CCCC2)c1. The van der Waals surface area contributed by atoms with Gasteiger partial charge < -0.3 is 20.7 Å². The summed E-state index contributed by atoms with van der Waals surface area (Å²) in [6, 6.07) is 6.98. The van der Waals surface area contributed by atoms with Crippen molar-refractivity contribution in [2.45, 2.75) is 31.2 Å². The van der Waals surface area contributed by atoms with Crippen molar-refractivity contribution in [3.8, 4) is 5.75 Å². The maximum absolute atomic E-state index is 12.3. The second-order valence-corrected chi connectivity index (χ2v) is 5.92. The molecule has 0 aliphatic heterocycles. The first-order chi connectivity index (χ1) is 10.4. The monoisotopic (exact) mass is 305 g/mol. The van der Waals surface area contributed by atoms with Gasteiger partial charge >= 0.3 is 0 Å². The number of amides is 2. The molecule has 22 heavy (non-hydrogen) atoms. The van der Waals surface area contributed by atoms with Gasteiger partial charge in [0.05, 0.1) is 5.54 Å². The number of hydrogen-bond donors (Lipinski definition) is 2. The molecule has 6 nitrogen and oxygen atoms in total. The lowest BCUT2D eigenvalue weighted by atomic mass is 9.98. The fourth-order valence-corrected chi connectivity index (χ4v) is 2.43. The maximum atomic E-state index is 12.3. The molecule has 0 spiro atoms. The topological polar surface area (TPSA) is 84.7 Å². The van der Waals surface area contributed by atoms with E-state index in [1.807, 2.05) is 0 Å². The molecule has 0 atom stereocenters. The fraction of sp³-hybridized carbons (Fsp3) is 0.500. The zero-order valence-corrected chi connectivity index (χ0v) is 13.1. The minimum Gasteiger partial charge on any atom is -0.484 e. The first-order valence-corrected chi connectivity index (χ1v) is 7.44. The number of rotatable bonds is 5. The van der Waals surface area contributed by atoms with E-state index in [1.54, 1.807) is 38.4 Å². The van der Waals surface area contributed by atoms with E-state index in [4.69, 9.17) is 10.5 Å². The molecule has 0 heterocycles. The lowest BCUT2D eigenvalue weighted by Crippen LogP contribution is -2.48. The Morgan fingerprint density at radius 2 is 2.00 bits per heavy atom. The van der Waals surface area contributed by atoms with Gasteiger partial charge in [-0.2, -0.15) is 0 Å². The predicted molar refractivity (Wildman–Crippen MR) is 84.6 cm³/mol. The standard InChI is InChI=1S/C16H23N3O3/c1-19(2)14(20)11-22-13-7-5-6-12(10-13)18-15(21)16(17)8-3-4-9-16/h5-7,10H,3-4,8-9,11,17H2,1-2H3,(H,18,21). The summed E-state index contributed by atoms with van der Waals surface area (Å²) in [4.78, 5) is 25.2. The van der Waals surface area contributed by atoms with Crippen LogP contribution >= 0.6 is 0 Å². The number of benzene rings is 1. The van der Waals surface area contributed by atoms with E-state index in [0.717, 1.165) is 12.8 Å². The van der Waals surface area contributed by atoms with Crippen LogP contribution in [0.5, 0.6) is 5.75 Å². The lowest BCUT2D eigenvalue weighted by Gasteiger charge is -2.22. The summed E-state index contributed by atoms with van der Waals surface area (Å²) in [5.74, 6) is 0.248. The van der Waals surface area contributed by atoms with Crippen molar-refractivity contribution >= 4 is 17.5 Å². The van der Waals surface area contributed by atoms with E-state index in [0.29, 0.717) is 24.3 Å². The van der Waals surface area contributed by atoms with Crippen LogP contribution in [-0.2, 0) is 9.59 Å². The van der Waals surface area contributed by atoms with E-state index < -0.39 is 5.54 Å². The quantitative estimate of drug-likeness (QED) is 0.860. The molecule has 0 bridgehead atoms. The Hall–Kier alpha value is -2.08. The molecule has 2 amide bonds. The first-order valence-electron chi connectivity index (χ1n) is 7.44. The van der Waals surface area contributed by atoms with Crippen molar-refractivity contribution in [2.75, 3.05) is 26.0 Å². The van der Waals surface area contributed by atoms with Crippen molar-refractivity contribution < 1.29 is 14.3 Å². The molecule has 1 saturated carbocycles. The Kier molecular flexibility index (Phi) is 5.03. The Balaban J connectivity index is 1.96. The van der Waals surface area contributed by atoms with Gasteiger partial charge in [0.15, 0.2) is 6.61 Å². The molecule has 1 fully saturated rings. The third kappa shape index (κ3) is 3.98. The van der Waals surface area contributed by atoms with Gasteiger partial charge in [-0.15, -0.1) is 0 Å². The molecule has 1 aliphatic carbocycles. The molecule has 120 valence electrons. The zero-order chi connectivity index (χ0) is 16.2. The smallest absolute Gasteiger partial charge is 0.259 e. The second-order valence-electron chi connectivity index (χ2n) is 5.92. The van der Waals surface area contributed by atoms with Gasteiger partial charge in [-0.1, -0.05) is 18.9 Å². The normalized spacial score (nSPS) is 16.1. The first kappa shape index (κ1) is 16.3. The Morgan fingerprint density at radius 1 is 1.32 bits per heavy atom. The number of nitrogens with zero attached hydrogens (tertiary/aromatic N) is 1. The Bertz CT molecular complexity index is 551. The van der Waals surface area contributed by atoms with Crippen molar-refractivity contribution in [1.82, 2.24) is 4.90 Å². The Labute approximate surface area is 130 Å². The minimum absolute atomic E-state index is 0.0365. The third-order valence-corrected chi connectivity index (χ3v) is 3.90. The van der Waals surface area contributed by atoms with Gasteiger partial charge in [0.25, 0.3) is 5.91 Å². The van der Waals surface area contributed by atoms with Crippen LogP contribution in [0.1, 0.15) is 25.7 Å². The van der Waals surface area contributed by atoms with Gasteiger partial charge in [0.2, 0.25) is 5.91 Å². The molecule has 1 aromatic carbocycles. The minimum atomic E-state index is -0.766. The molecule has 0 aromatic heterocycles. The number of hydrogen-bond acceptors (Lipinski definition) is 4. The van der Waals surface area contributed by atoms with Gasteiger partial charge in [0.1, 0.15) is 5.75 Å².